The van der Waals surface area contributed by atoms with Crippen LogP contribution in [0.25, 0.3) is 10.6 Å². The zero-order chi connectivity index (χ0) is 15.2. The molecular weight excluding hydrogens is 308 g/mol. The fourth-order valence-corrected chi connectivity index (χ4v) is 5.23. The Bertz CT molecular complexity index is 776. The average Bonchev–Trinajstić information content (AvgIpc) is 3.07. The van der Waals surface area contributed by atoms with Gasteiger partial charge in [-0.05, 0) is 19.8 Å². The molecule has 0 amide bonds. The first-order chi connectivity index (χ1) is 9.91. The summed E-state index contributed by atoms with van der Waals surface area (Å²) in [5.74, 6) is 0.928. The molecule has 0 radical (unpaired) electrons. The SMILES string of the molecule is CCc1c(-c2cnc(C)s2)nn(C2CCS(=O)(=O)C2)c1N. The number of aryl methyl sites for hydroxylation is 1. The van der Waals surface area contributed by atoms with Gasteiger partial charge in [0.2, 0.25) is 0 Å². The van der Waals surface area contributed by atoms with Crippen molar-refractivity contribution >= 4 is 27.0 Å². The van der Waals surface area contributed by atoms with E-state index in [2.05, 4.69) is 10.1 Å². The number of rotatable bonds is 3. The normalized spacial score (nSPS) is 21.0. The molecule has 1 aliphatic rings. The number of hydrogen-bond donors (Lipinski definition) is 1. The van der Waals surface area contributed by atoms with Crippen molar-refractivity contribution in [1.29, 1.82) is 0 Å². The predicted octanol–water partition coefficient (Wildman–Crippen LogP) is 1.82. The Labute approximate surface area is 127 Å². The Morgan fingerprint density at radius 2 is 2.29 bits per heavy atom. The number of sulfone groups is 1. The van der Waals surface area contributed by atoms with Gasteiger partial charge in [-0.3, -0.25) is 0 Å². The molecule has 1 aliphatic heterocycles. The van der Waals surface area contributed by atoms with Crippen molar-refractivity contribution in [1.82, 2.24) is 14.8 Å². The highest BCUT2D eigenvalue weighted by Gasteiger charge is 2.32. The first-order valence-corrected chi connectivity index (χ1v) is 9.55. The Balaban J connectivity index is 2.06. The summed E-state index contributed by atoms with van der Waals surface area (Å²) in [5.41, 5.74) is 8.03. The molecular formula is C13H18N4O2S2. The van der Waals surface area contributed by atoms with Gasteiger partial charge in [-0.25, -0.2) is 18.1 Å². The molecule has 0 bridgehead atoms. The van der Waals surface area contributed by atoms with Gasteiger partial charge in [0.1, 0.15) is 11.5 Å². The third-order valence-electron chi connectivity index (χ3n) is 3.81. The summed E-state index contributed by atoms with van der Waals surface area (Å²) in [7, 11) is -2.96. The molecule has 3 heterocycles. The maximum atomic E-state index is 11.7. The molecule has 0 aromatic carbocycles. The number of thiazole rings is 1. The van der Waals surface area contributed by atoms with E-state index in [9.17, 15) is 8.42 Å². The molecule has 6 nitrogen and oxygen atoms in total. The van der Waals surface area contributed by atoms with Crippen molar-refractivity contribution < 1.29 is 8.42 Å². The van der Waals surface area contributed by atoms with Crippen molar-refractivity contribution in [3.63, 3.8) is 0 Å². The van der Waals surface area contributed by atoms with Crippen LogP contribution in [0, 0.1) is 6.92 Å². The van der Waals surface area contributed by atoms with Crippen LogP contribution in [0.4, 0.5) is 5.82 Å². The smallest absolute Gasteiger partial charge is 0.152 e. The van der Waals surface area contributed by atoms with Crippen LogP contribution < -0.4 is 5.73 Å². The van der Waals surface area contributed by atoms with Crippen molar-refractivity contribution in [2.75, 3.05) is 17.2 Å². The Morgan fingerprint density at radius 1 is 1.52 bits per heavy atom. The second-order valence-corrected chi connectivity index (χ2v) is 8.77. The number of anilines is 1. The van der Waals surface area contributed by atoms with Crippen LogP contribution in [0.5, 0.6) is 0 Å². The van der Waals surface area contributed by atoms with Gasteiger partial charge in [0.05, 0.1) is 27.4 Å². The minimum atomic E-state index is -2.96. The summed E-state index contributed by atoms with van der Waals surface area (Å²) < 4.78 is 25.0. The van der Waals surface area contributed by atoms with Crippen LogP contribution in [-0.4, -0.2) is 34.7 Å². The lowest BCUT2D eigenvalue weighted by Gasteiger charge is -2.10. The molecule has 1 atom stereocenters. The molecule has 2 N–H and O–H groups in total. The van der Waals surface area contributed by atoms with E-state index < -0.39 is 9.84 Å². The Morgan fingerprint density at radius 3 is 2.81 bits per heavy atom. The third kappa shape index (κ3) is 2.57. The fourth-order valence-electron chi connectivity index (χ4n) is 2.75. The highest BCUT2D eigenvalue weighted by molar-refractivity contribution is 7.91. The van der Waals surface area contributed by atoms with E-state index >= 15 is 0 Å². The second kappa shape index (κ2) is 5.10. The van der Waals surface area contributed by atoms with E-state index in [1.54, 1.807) is 22.2 Å². The van der Waals surface area contributed by atoms with Gasteiger partial charge in [0.25, 0.3) is 0 Å². The van der Waals surface area contributed by atoms with E-state index in [1.807, 2.05) is 13.8 Å². The van der Waals surface area contributed by atoms with Gasteiger partial charge in [0.15, 0.2) is 9.84 Å². The van der Waals surface area contributed by atoms with Gasteiger partial charge in [-0.2, -0.15) is 5.10 Å². The van der Waals surface area contributed by atoms with Gasteiger partial charge in [-0.1, -0.05) is 6.92 Å². The first-order valence-electron chi connectivity index (χ1n) is 6.91. The molecule has 1 unspecified atom stereocenters. The molecule has 0 aliphatic carbocycles. The van der Waals surface area contributed by atoms with Crippen molar-refractivity contribution in [2.24, 2.45) is 0 Å². The highest BCUT2D eigenvalue weighted by Crippen LogP contribution is 2.35. The van der Waals surface area contributed by atoms with E-state index in [0.717, 1.165) is 27.6 Å². The minimum Gasteiger partial charge on any atom is -0.384 e. The third-order valence-corrected chi connectivity index (χ3v) is 6.48. The number of aromatic nitrogens is 3. The van der Waals surface area contributed by atoms with Crippen LogP contribution in [0.2, 0.25) is 0 Å². The summed E-state index contributed by atoms with van der Waals surface area (Å²) in [6.07, 6.45) is 3.15. The van der Waals surface area contributed by atoms with Crippen LogP contribution in [-0.2, 0) is 16.3 Å². The lowest BCUT2D eigenvalue weighted by atomic mass is 10.1. The fraction of sp³-hybridized carbons (Fsp3) is 0.538. The molecule has 8 heteroatoms. The summed E-state index contributed by atoms with van der Waals surface area (Å²) >= 11 is 1.57. The number of hydrogen-bond acceptors (Lipinski definition) is 6. The molecule has 2 aromatic rings. The van der Waals surface area contributed by atoms with E-state index in [-0.39, 0.29) is 17.5 Å². The zero-order valence-corrected chi connectivity index (χ0v) is 13.7. The minimum absolute atomic E-state index is 0.128. The number of nitrogens with zero attached hydrogens (tertiary/aromatic N) is 3. The molecule has 1 fully saturated rings. The van der Waals surface area contributed by atoms with Gasteiger partial charge >= 0.3 is 0 Å². The largest absolute Gasteiger partial charge is 0.384 e. The van der Waals surface area contributed by atoms with Gasteiger partial charge < -0.3 is 5.73 Å². The number of nitrogens with two attached hydrogens (primary N) is 1. The van der Waals surface area contributed by atoms with Gasteiger partial charge in [0, 0.05) is 11.8 Å². The monoisotopic (exact) mass is 326 g/mol. The lowest BCUT2D eigenvalue weighted by molar-refractivity contribution is 0.508. The molecule has 114 valence electrons. The lowest BCUT2D eigenvalue weighted by Crippen LogP contribution is -2.15. The van der Waals surface area contributed by atoms with E-state index in [0.29, 0.717) is 12.2 Å². The van der Waals surface area contributed by atoms with E-state index in [1.165, 1.54) is 0 Å². The van der Waals surface area contributed by atoms with Crippen LogP contribution >= 0.6 is 11.3 Å². The summed E-state index contributed by atoms with van der Waals surface area (Å²) in [6.45, 7) is 3.98. The van der Waals surface area contributed by atoms with Crippen LogP contribution in [0.1, 0.15) is 30.0 Å². The highest BCUT2D eigenvalue weighted by atomic mass is 32.2. The summed E-state index contributed by atoms with van der Waals surface area (Å²) in [5, 5.41) is 5.58. The quantitative estimate of drug-likeness (QED) is 0.929. The predicted molar refractivity (Wildman–Crippen MR) is 84.2 cm³/mol. The maximum absolute atomic E-state index is 11.7. The molecule has 3 rings (SSSR count). The average molecular weight is 326 g/mol. The first kappa shape index (κ1) is 14.5. The van der Waals surface area contributed by atoms with Crippen LogP contribution in [0.15, 0.2) is 6.20 Å². The summed E-state index contributed by atoms with van der Waals surface area (Å²) in [4.78, 5) is 5.24. The molecule has 0 saturated carbocycles. The topological polar surface area (TPSA) is 90.9 Å². The molecule has 0 spiro atoms. The molecule has 2 aromatic heterocycles. The molecule has 21 heavy (non-hydrogen) atoms. The van der Waals surface area contributed by atoms with Crippen molar-refractivity contribution in [2.45, 2.75) is 32.7 Å². The van der Waals surface area contributed by atoms with Crippen LogP contribution in [0.3, 0.4) is 0 Å². The number of nitrogen functional groups attached to an aromatic ring is 1. The Kier molecular flexibility index (Phi) is 3.53. The molecule has 1 saturated heterocycles. The summed E-state index contributed by atoms with van der Waals surface area (Å²) in [6, 6.07) is -0.150. The van der Waals surface area contributed by atoms with Gasteiger partial charge in [-0.15, -0.1) is 11.3 Å². The second-order valence-electron chi connectivity index (χ2n) is 5.31. The Hall–Kier alpha value is -1.41. The standard InChI is InChI=1S/C13H18N4O2S2/c1-3-10-12(11-6-15-8(2)20-11)16-17(13(10)14)9-4-5-21(18,19)7-9/h6,9H,3-5,7,14H2,1-2H3. The van der Waals surface area contributed by atoms with Crippen molar-refractivity contribution in [3.8, 4) is 10.6 Å². The zero-order valence-electron chi connectivity index (χ0n) is 12.0. The van der Waals surface area contributed by atoms with E-state index in [4.69, 9.17) is 5.73 Å². The maximum Gasteiger partial charge on any atom is 0.152 e. The van der Waals surface area contributed by atoms with Crippen molar-refractivity contribution in [3.05, 3.63) is 16.8 Å².